The molecule has 2 N–H and O–H groups in total. The molecule has 0 spiro atoms. The molecule has 0 atom stereocenters. The fourth-order valence-electron chi connectivity index (χ4n) is 1.66. The fourth-order valence-corrected chi connectivity index (χ4v) is 1.66. The number of fused-ring (bicyclic) bond motifs is 1. The number of hydrogen-bond donors (Lipinski definition) is 2. The minimum atomic E-state index is -1.10. The SMILES string of the molecule is Cn1cnc2c(=O)[nH]c(-n3cc(C(=O)O)cn3)nc21. The van der Waals surface area contributed by atoms with E-state index in [1.54, 1.807) is 11.6 Å². The predicted molar refractivity (Wildman–Crippen MR) is 63.2 cm³/mol. The number of nitrogens with one attached hydrogen (secondary N) is 1. The van der Waals surface area contributed by atoms with Crippen LogP contribution in [0.15, 0.2) is 23.5 Å². The third kappa shape index (κ3) is 1.68. The van der Waals surface area contributed by atoms with E-state index in [0.29, 0.717) is 5.65 Å². The zero-order valence-electron chi connectivity index (χ0n) is 9.73. The van der Waals surface area contributed by atoms with E-state index >= 15 is 0 Å². The lowest BCUT2D eigenvalue weighted by atomic mass is 10.4. The third-order valence-corrected chi connectivity index (χ3v) is 2.60. The van der Waals surface area contributed by atoms with Gasteiger partial charge in [0.2, 0.25) is 5.95 Å². The van der Waals surface area contributed by atoms with Gasteiger partial charge in [-0.25, -0.2) is 14.5 Å². The van der Waals surface area contributed by atoms with Crippen LogP contribution < -0.4 is 5.56 Å². The number of aromatic carboxylic acids is 1. The van der Waals surface area contributed by atoms with E-state index < -0.39 is 11.5 Å². The van der Waals surface area contributed by atoms with Crippen molar-refractivity contribution in [2.45, 2.75) is 0 Å². The maximum atomic E-state index is 11.8. The van der Waals surface area contributed by atoms with E-state index in [4.69, 9.17) is 5.11 Å². The van der Waals surface area contributed by atoms with Crippen molar-refractivity contribution in [2.75, 3.05) is 0 Å². The number of carbonyl (C=O) groups is 1. The van der Waals surface area contributed by atoms with Gasteiger partial charge in [-0.3, -0.25) is 9.78 Å². The average molecular weight is 260 g/mol. The minimum Gasteiger partial charge on any atom is -0.478 e. The fraction of sp³-hybridized carbons (Fsp3) is 0.100. The van der Waals surface area contributed by atoms with Crippen LogP contribution in [0, 0.1) is 0 Å². The van der Waals surface area contributed by atoms with Crippen LogP contribution >= 0.6 is 0 Å². The molecule has 0 saturated carbocycles. The van der Waals surface area contributed by atoms with Gasteiger partial charge < -0.3 is 9.67 Å². The molecule has 0 unspecified atom stereocenters. The smallest absolute Gasteiger partial charge is 0.338 e. The lowest BCUT2D eigenvalue weighted by Gasteiger charge is -2.00. The maximum Gasteiger partial charge on any atom is 0.338 e. The van der Waals surface area contributed by atoms with Gasteiger partial charge >= 0.3 is 5.97 Å². The van der Waals surface area contributed by atoms with Crippen molar-refractivity contribution in [3.8, 4) is 5.95 Å². The Balaban J connectivity index is 2.21. The zero-order valence-corrected chi connectivity index (χ0v) is 9.73. The van der Waals surface area contributed by atoms with Crippen molar-refractivity contribution >= 4 is 17.1 Å². The Labute approximate surface area is 105 Å². The van der Waals surface area contributed by atoms with Crippen LogP contribution in [0.1, 0.15) is 10.4 Å². The summed E-state index contributed by atoms with van der Waals surface area (Å²) in [5.41, 5.74) is 0.212. The number of hydrogen-bond acceptors (Lipinski definition) is 5. The first-order valence-electron chi connectivity index (χ1n) is 5.26. The van der Waals surface area contributed by atoms with E-state index in [-0.39, 0.29) is 17.0 Å². The highest BCUT2D eigenvalue weighted by Gasteiger charge is 2.12. The highest BCUT2D eigenvalue weighted by Crippen LogP contribution is 2.07. The second kappa shape index (κ2) is 3.77. The van der Waals surface area contributed by atoms with Crippen molar-refractivity contribution in [3.63, 3.8) is 0 Å². The number of aromatic nitrogens is 6. The van der Waals surface area contributed by atoms with Crippen molar-refractivity contribution in [1.82, 2.24) is 29.3 Å². The van der Waals surface area contributed by atoms with Gasteiger partial charge in [0.25, 0.3) is 5.56 Å². The Hall–Kier alpha value is -2.97. The first-order valence-corrected chi connectivity index (χ1v) is 5.26. The summed E-state index contributed by atoms with van der Waals surface area (Å²) >= 11 is 0. The summed E-state index contributed by atoms with van der Waals surface area (Å²) in [4.78, 5) is 33.2. The summed E-state index contributed by atoms with van der Waals surface area (Å²) in [6.07, 6.45) is 3.92. The molecular weight excluding hydrogens is 252 g/mol. The van der Waals surface area contributed by atoms with Crippen molar-refractivity contribution in [1.29, 1.82) is 0 Å². The van der Waals surface area contributed by atoms with Crippen LogP contribution in [0.2, 0.25) is 0 Å². The second-order valence-electron chi connectivity index (χ2n) is 3.90. The molecular formula is C10H8N6O3. The second-order valence-corrected chi connectivity index (χ2v) is 3.90. The van der Waals surface area contributed by atoms with Crippen molar-refractivity contribution in [3.05, 3.63) is 34.6 Å². The van der Waals surface area contributed by atoms with Gasteiger partial charge in [0.15, 0.2) is 11.2 Å². The molecule has 9 heteroatoms. The average Bonchev–Trinajstić information content (AvgIpc) is 2.97. The summed E-state index contributed by atoms with van der Waals surface area (Å²) in [6.45, 7) is 0. The summed E-state index contributed by atoms with van der Waals surface area (Å²) in [5, 5.41) is 12.7. The first-order chi connectivity index (χ1) is 9.06. The minimum absolute atomic E-state index is 0.00718. The van der Waals surface area contributed by atoms with Crippen molar-refractivity contribution in [2.24, 2.45) is 7.05 Å². The Bertz CT molecular complexity index is 842. The normalized spacial score (nSPS) is 11.0. The summed E-state index contributed by atoms with van der Waals surface area (Å²) < 4.78 is 2.78. The maximum absolute atomic E-state index is 11.8. The van der Waals surface area contributed by atoms with Gasteiger partial charge in [0.1, 0.15) is 0 Å². The standard InChI is InChI=1S/C10H8N6O3/c1-15-4-11-6-7(15)13-10(14-8(6)17)16-3-5(2-12-16)9(18)19/h2-4H,1H3,(H,18,19)(H,13,14,17). The molecule has 0 fully saturated rings. The highest BCUT2D eigenvalue weighted by molar-refractivity contribution is 5.86. The van der Waals surface area contributed by atoms with E-state index in [1.807, 2.05) is 0 Å². The molecule has 0 aromatic carbocycles. The molecule has 0 aliphatic carbocycles. The Morgan fingerprint density at radius 2 is 2.26 bits per heavy atom. The van der Waals surface area contributed by atoms with Gasteiger partial charge in [-0.05, 0) is 0 Å². The molecule has 0 bridgehead atoms. The van der Waals surface area contributed by atoms with Crippen LogP contribution in [-0.4, -0.2) is 40.4 Å². The lowest BCUT2D eigenvalue weighted by Crippen LogP contribution is -2.14. The van der Waals surface area contributed by atoms with Crippen LogP contribution in [0.4, 0.5) is 0 Å². The van der Waals surface area contributed by atoms with Gasteiger partial charge in [-0.2, -0.15) is 10.1 Å². The third-order valence-electron chi connectivity index (χ3n) is 2.60. The van der Waals surface area contributed by atoms with Gasteiger partial charge in [0, 0.05) is 13.2 Å². The highest BCUT2D eigenvalue weighted by atomic mass is 16.4. The van der Waals surface area contributed by atoms with E-state index in [0.717, 1.165) is 0 Å². The number of H-pyrrole nitrogens is 1. The van der Waals surface area contributed by atoms with Crippen molar-refractivity contribution < 1.29 is 9.90 Å². The van der Waals surface area contributed by atoms with E-state index in [1.165, 1.54) is 23.4 Å². The predicted octanol–water partition coefficient (Wildman–Crippen LogP) is -0.460. The number of aromatic amines is 1. The van der Waals surface area contributed by atoms with Crippen LogP contribution in [0.5, 0.6) is 0 Å². The molecule has 3 aromatic rings. The summed E-state index contributed by atoms with van der Waals surface area (Å²) in [7, 11) is 1.71. The van der Waals surface area contributed by atoms with Crippen LogP contribution in [0.25, 0.3) is 17.1 Å². The topological polar surface area (TPSA) is 119 Å². The Morgan fingerprint density at radius 1 is 1.47 bits per heavy atom. The largest absolute Gasteiger partial charge is 0.478 e. The quantitative estimate of drug-likeness (QED) is 0.643. The molecule has 3 rings (SSSR count). The summed E-state index contributed by atoms with van der Waals surface area (Å²) in [6, 6.07) is 0. The molecule has 19 heavy (non-hydrogen) atoms. The summed E-state index contributed by atoms with van der Waals surface area (Å²) in [5.74, 6) is -0.969. The number of aryl methyl sites for hydroxylation is 1. The molecule has 3 heterocycles. The molecule has 0 amide bonds. The first kappa shape index (κ1) is 11.1. The van der Waals surface area contributed by atoms with E-state index in [2.05, 4.69) is 20.1 Å². The van der Waals surface area contributed by atoms with Crippen LogP contribution in [0.3, 0.4) is 0 Å². The van der Waals surface area contributed by atoms with E-state index in [9.17, 15) is 9.59 Å². The molecule has 0 saturated heterocycles. The van der Waals surface area contributed by atoms with Gasteiger partial charge in [-0.15, -0.1) is 0 Å². The molecule has 0 aliphatic rings. The number of carboxylic acid groups (broad SMARTS) is 1. The molecule has 9 nitrogen and oxygen atoms in total. The number of imidazole rings is 1. The zero-order chi connectivity index (χ0) is 13.6. The number of carboxylic acids is 1. The molecule has 3 aromatic heterocycles. The molecule has 0 aliphatic heterocycles. The lowest BCUT2D eigenvalue weighted by molar-refractivity contribution is 0.0697. The molecule has 96 valence electrons. The molecule has 0 radical (unpaired) electrons. The Kier molecular flexibility index (Phi) is 2.21. The van der Waals surface area contributed by atoms with Gasteiger partial charge in [-0.1, -0.05) is 0 Å². The van der Waals surface area contributed by atoms with Gasteiger partial charge in [0.05, 0.1) is 18.1 Å². The number of rotatable bonds is 2. The van der Waals surface area contributed by atoms with Crippen LogP contribution in [-0.2, 0) is 7.05 Å². The Morgan fingerprint density at radius 3 is 2.95 bits per heavy atom. The monoisotopic (exact) mass is 260 g/mol. The number of nitrogens with zero attached hydrogens (tertiary/aromatic N) is 5.